The van der Waals surface area contributed by atoms with Gasteiger partial charge in [0.05, 0.1) is 0 Å². The van der Waals surface area contributed by atoms with E-state index in [0.29, 0.717) is 0 Å². The molecule has 1 fully saturated rings. The van der Waals surface area contributed by atoms with Crippen molar-refractivity contribution in [2.75, 3.05) is 5.75 Å². The second-order valence-corrected chi connectivity index (χ2v) is 5.41. The van der Waals surface area contributed by atoms with Crippen LogP contribution in [0.5, 0.6) is 0 Å². The van der Waals surface area contributed by atoms with Gasteiger partial charge in [-0.2, -0.15) is 11.8 Å². The van der Waals surface area contributed by atoms with Crippen molar-refractivity contribution in [3.05, 3.63) is 0 Å². The number of hydrogen-bond donors (Lipinski definition) is 0. The first-order valence-corrected chi connectivity index (χ1v) is 5.90. The Bertz CT molecular complexity index is 111. The first-order chi connectivity index (χ1) is 5.24. The maximum absolute atomic E-state index is 2.42. The van der Waals surface area contributed by atoms with Gasteiger partial charge in [0.2, 0.25) is 0 Å². The summed E-state index contributed by atoms with van der Waals surface area (Å²) in [7, 11) is 0. The van der Waals surface area contributed by atoms with Gasteiger partial charge in [-0.3, -0.25) is 0 Å². The topological polar surface area (TPSA) is 0 Å². The van der Waals surface area contributed by atoms with Crippen LogP contribution in [0, 0.1) is 11.8 Å². The Kier molecular flexibility index (Phi) is 3.77. The maximum atomic E-state index is 2.42. The summed E-state index contributed by atoms with van der Waals surface area (Å²) in [6, 6.07) is 0. The minimum atomic E-state index is 0.962. The van der Waals surface area contributed by atoms with E-state index in [2.05, 4.69) is 32.5 Å². The molecular formula is C10H20S. The molecule has 0 spiro atoms. The van der Waals surface area contributed by atoms with Crippen molar-refractivity contribution < 1.29 is 0 Å². The van der Waals surface area contributed by atoms with Crippen molar-refractivity contribution >= 4 is 11.8 Å². The molecule has 11 heavy (non-hydrogen) atoms. The van der Waals surface area contributed by atoms with E-state index in [1.807, 2.05) is 0 Å². The van der Waals surface area contributed by atoms with Gasteiger partial charge in [0.1, 0.15) is 0 Å². The van der Waals surface area contributed by atoms with E-state index in [0.717, 1.165) is 17.1 Å². The molecule has 0 N–H and O–H groups in total. The first kappa shape index (κ1) is 9.44. The van der Waals surface area contributed by atoms with Crippen molar-refractivity contribution in [1.29, 1.82) is 0 Å². The first-order valence-electron chi connectivity index (χ1n) is 4.85. The van der Waals surface area contributed by atoms with E-state index < -0.39 is 0 Å². The molecule has 0 aromatic rings. The molecule has 1 rings (SSSR count). The molecule has 1 saturated carbocycles. The third-order valence-corrected chi connectivity index (χ3v) is 4.18. The Hall–Kier alpha value is 0.350. The van der Waals surface area contributed by atoms with Gasteiger partial charge in [0.15, 0.2) is 0 Å². The quantitative estimate of drug-likeness (QED) is 0.613. The lowest BCUT2D eigenvalue weighted by Crippen LogP contribution is -2.23. The van der Waals surface area contributed by atoms with Crippen LogP contribution in [0.3, 0.4) is 0 Å². The molecular weight excluding hydrogens is 152 g/mol. The normalized spacial score (nSPS) is 39.0. The molecule has 0 aromatic carbocycles. The highest BCUT2D eigenvalue weighted by Gasteiger charge is 2.24. The summed E-state index contributed by atoms with van der Waals surface area (Å²) in [4.78, 5) is 0. The summed E-state index contributed by atoms with van der Waals surface area (Å²) in [6.07, 6.45) is 4.38. The lowest BCUT2D eigenvalue weighted by Gasteiger charge is -2.31. The average Bonchev–Trinajstić information content (AvgIpc) is 1.98. The lowest BCUT2D eigenvalue weighted by atomic mass is 9.84. The highest BCUT2D eigenvalue weighted by molar-refractivity contribution is 7.99. The molecule has 1 heteroatoms. The van der Waals surface area contributed by atoms with Crippen LogP contribution < -0.4 is 0 Å². The molecule has 66 valence electrons. The molecule has 0 bridgehead atoms. The van der Waals surface area contributed by atoms with Crippen LogP contribution in [0.4, 0.5) is 0 Å². The van der Waals surface area contributed by atoms with Crippen molar-refractivity contribution in [1.82, 2.24) is 0 Å². The summed E-state index contributed by atoms with van der Waals surface area (Å²) >= 11 is 2.16. The highest BCUT2D eigenvalue weighted by atomic mass is 32.2. The second-order valence-electron chi connectivity index (χ2n) is 3.89. The van der Waals surface area contributed by atoms with Crippen LogP contribution in [0.2, 0.25) is 0 Å². The number of hydrogen-bond acceptors (Lipinski definition) is 1. The predicted octanol–water partition coefficient (Wildman–Crippen LogP) is 3.56. The molecule has 0 aliphatic heterocycles. The van der Waals surface area contributed by atoms with Gasteiger partial charge in [0, 0.05) is 5.25 Å². The smallest absolute Gasteiger partial charge is 0.00751 e. The monoisotopic (exact) mass is 172 g/mol. The van der Waals surface area contributed by atoms with Gasteiger partial charge in [0.25, 0.3) is 0 Å². The fourth-order valence-electron chi connectivity index (χ4n) is 1.93. The van der Waals surface area contributed by atoms with Crippen molar-refractivity contribution in [2.24, 2.45) is 11.8 Å². The van der Waals surface area contributed by atoms with E-state index in [-0.39, 0.29) is 0 Å². The Balaban J connectivity index is 2.34. The van der Waals surface area contributed by atoms with Gasteiger partial charge in [-0.25, -0.2) is 0 Å². The van der Waals surface area contributed by atoms with Gasteiger partial charge in [-0.15, -0.1) is 0 Å². The van der Waals surface area contributed by atoms with Crippen LogP contribution in [-0.4, -0.2) is 11.0 Å². The zero-order chi connectivity index (χ0) is 8.27. The van der Waals surface area contributed by atoms with Crippen LogP contribution in [0.25, 0.3) is 0 Å². The van der Waals surface area contributed by atoms with Gasteiger partial charge < -0.3 is 0 Å². The standard InChI is InChI=1S/C10H20S/c1-4-11-10-7-8(2)5-6-9(10)3/h8-10H,4-7H2,1-3H3. The van der Waals surface area contributed by atoms with E-state index in [1.54, 1.807) is 0 Å². The van der Waals surface area contributed by atoms with E-state index in [1.165, 1.54) is 25.0 Å². The maximum Gasteiger partial charge on any atom is 0.00751 e. The molecule has 1 aliphatic rings. The fraction of sp³-hybridized carbons (Fsp3) is 1.00. The summed E-state index contributed by atoms with van der Waals surface area (Å²) in [5, 5.41) is 0.962. The van der Waals surface area contributed by atoms with Crippen molar-refractivity contribution in [2.45, 2.75) is 45.3 Å². The van der Waals surface area contributed by atoms with E-state index in [4.69, 9.17) is 0 Å². The Morgan fingerprint density at radius 2 is 2.00 bits per heavy atom. The summed E-state index contributed by atoms with van der Waals surface area (Å²) in [5.74, 6) is 3.24. The molecule has 0 aromatic heterocycles. The Morgan fingerprint density at radius 3 is 2.64 bits per heavy atom. The molecule has 0 radical (unpaired) electrons. The van der Waals surface area contributed by atoms with Crippen molar-refractivity contribution in [3.63, 3.8) is 0 Å². The Labute approximate surface area is 75.1 Å². The summed E-state index contributed by atoms with van der Waals surface area (Å²) in [5.41, 5.74) is 0. The van der Waals surface area contributed by atoms with E-state index >= 15 is 0 Å². The molecule has 3 unspecified atom stereocenters. The fourth-order valence-corrected chi connectivity index (χ4v) is 3.28. The van der Waals surface area contributed by atoms with Gasteiger partial charge in [-0.1, -0.05) is 27.2 Å². The summed E-state index contributed by atoms with van der Waals surface area (Å²) < 4.78 is 0. The molecule has 3 atom stereocenters. The van der Waals surface area contributed by atoms with Crippen LogP contribution in [-0.2, 0) is 0 Å². The SMILES string of the molecule is CCSC1CC(C)CCC1C. The largest absolute Gasteiger partial charge is 0.159 e. The minimum absolute atomic E-state index is 0.962. The average molecular weight is 172 g/mol. The van der Waals surface area contributed by atoms with Gasteiger partial charge >= 0.3 is 0 Å². The molecule has 1 aliphatic carbocycles. The third kappa shape index (κ3) is 2.70. The molecule has 0 nitrogen and oxygen atoms in total. The van der Waals surface area contributed by atoms with Crippen LogP contribution >= 0.6 is 11.8 Å². The highest BCUT2D eigenvalue weighted by Crippen LogP contribution is 2.35. The van der Waals surface area contributed by atoms with Gasteiger partial charge in [-0.05, 0) is 30.4 Å². The second kappa shape index (κ2) is 4.39. The molecule has 0 saturated heterocycles. The lowest BCUT2D eigenvalue weighted by molar-refractivity contribution is 0.318. The van der Waals surface area contributed by atoms with Crippen molar-refractivity contribution in [3.8, 4) is 0 Å². The predicted molar refractivity (Wildman–Crippen MR) is 54.1 cm³/mol. The molecule has 0 amide bonds. The van der Waals surface area contributed by atoms with Crippen LogP contribution in [0.15, 0.2) is 0 Å². The minimum Gasteiger partial charge on any atom is -0.159 e. The van der Waals surface area contributed by atoms with Crippen LogP contribution in [0.1, 0.15) is 40.0 Å². The Morgan fingerprint density at radius 1 is 1.27 bits per heavy atom. The molecule has 0 heterocycles. The number of thioether (sulfide) groups is 1. The van der Waals surface area contributed by atoms with E-state index in [9.17, 15) is 0 Å². The zero-order valence-corrected chi connectivity index (χ0v) is 8.79. The third-order valence-electron chi connectivity index (χ3n) is 2.76. The number of rotatable bonds is 2. The zero-order valence-electron chi connectivity index (χ0n) is 7.97. The summed E-state index contributed by atoms with van der Waals surface area (Å²) in [6.45, 7) is 7.09.